The van der Waals surface area contributed by atoms with Gasteiger partial charge in [0.2, 0.25) is 0 Å². The fourth-order valence-corrected chi connectivity index (χ4v) is 3.04. The zero-order valence-corrected chi connectivity index (χ0v) is 13.6. The summed E-state index contributed by atoms with van der Waals surface area (Å²) in [7, 11) is -4.73. The van der Waals surface area contributed by atoms with Gasteiger partial charge in [0, 0.05) is 17.2 Å². The SMILES string of the molecule is CC(c1cccc(O)c1)C(O)(O)C1=C(NP(=O)(O)O)CC(=O)C=C1. The third-order valence-electron chi connectivity index (χ3n) is 3.76. The van der Waals surface area contributed by atoms with Gasteiger partial charge in [-0.05, 0) is 29.8 Å². The molecule has 24 heavy (non-hydrogen) atoms. The molecule has 1 atom stereocenters. The summed E-state index contributed by atoms with van der Waals surface area (Å²) in [5, 5.41) is 32.5. The summed E-state index contributed by atoms with van der Waals surface area (Å²) in [4.78, 5) is 29.6. The molecule has 6 N–H and O–H groups in total. The van der Waals surface area contributed by atoms with Crippen LogP contribution in [0.4, 0.5) is 0 Å². The van der Waals surface area contributed by atoms with Crippen molar-refractivity contribution in [3.05, 3.63) is 53.3 Å². The lowest BCUT2D eigenvalue weighted by Gasteiger charge is -2.33. The Morgan fingerprint density at radius 1 is 1.25 bits per heavy atom. The zero-order chi connectivity index (χ0) is 18.1. The number of allylic oxidation sites excluding steroid dienone is 2. The number of nitrogens with one attached hydrogen (secondary N) is 1. The van der Waals surface area contributed by atoms with E-state index in [1.165, 1.54) is 25.1 Å². The Labute approximate surface area is 138 Å². The minimum atomic E-state index is -4.73. The number of aliphatic hydroxyl groups is 2. The molecule has 1 aliphatic rings. The lowest BCUT2D eigenvalue weighted by atomic mass is 9.84. The van der Waals surface area contributed by atoms with E-state index in [2.05, 4.69) is 0 Å². The van der Waals surface area contributed by atoms with Gasteiger partial charge in [-0.3, -0.25) is 9.88 Å². The molecule has 0 bridgehead atoms. The van der Waals surface area contributed by atoms with E-state index in [1.807, 2.05) is 5.09 Å². The largest absolute Gasteiger partial charge is 0.508 e. The topological polar surface area (TPSA) is 147 Å². The van der Waals surface area contributed by atoms with Crippen LogP contribution in [-0.2, 0) is 9.36 Å². The monoisotopic (exact) mass is 355 g/mol. The number of phenols is 1. The van der Waals surface area contributed by atoms with Gasteiger partial charge in [-0.15, -0.1) is 0 Å². The Morgan fingerprint density at radius 2 is 1.92 bits per heavy atom. The van der Waals surface area contributed by atoms with Crippen molar-refractivity contribution in [3.63, 3.8) is 0 Å². The summed E-state index contributed by atoms with van der Waals surface area (Å²) in [6, 6.07) is 5.87. The molecule has 0 spiro atoms. The second-order valence-corrected chi connectivity index (χ2v) is 6.88. The quantitative estimate of drug-likeness (QED) is 0.333. The number of carbonyl (C=O) groups is 1. The summed E-state index contributed by atoms with van der Waals surface area (Å²) >= 11 is 0. The minimum absolute atomic E-state index is 0.0629. The van der Waals surface area contributed by atoms with Crippen molar-refractivity contribution in [2.24, 2.45) is 0 Å². The highest BCUT2D eigenvalue weighted by molar-refractivity contribution is 7.49. The van der Waals surface area contributed by atoms with Crippen LogP contribution in [0.25, 0.3) is 0 Å². The Hall–Kier alpha value is -1.96. The normalized spacial score (nSPS) is 17.1. The van der Waals surface area contributed by atoms with Crippen LogP contribution < -0.4 is 5.09 Å². The molecule has 0 heterocycles. The molecule has 0 aliphatic heterocycles. The number of ketones is 1. The fraction of sp³-hybridized carbons (Fsp3) is 0.267. The summed E-state index contributed by atoms with van der Waals surface area (Å²) in [5.41, 5.74) is -0.0811. The first-order valence-electron chi connectivity index (χ1n) is 7.02. The molecule has 1 unspecified atom stereocenters. The van der Waals surface area contributed by atoms with Gasteiger partial charge in [0.25, 0.3) is 0 Å². The van der Waals surface area contributed by atoms with Gasteiger partial charge >= 0.3 is 7.75 Å². The maximum absolute atomic E-state index is 11.5. The number of hydrogen-bond donors (Lipinski definition) is 6. The van der Waals surface area contributed by atoms with E-state index in [1.54, 1.807) is 6.07 Å². The Kier molecular flexibility index (Phi) is 4.98. The Morgan fingerprint density at radius 3 is 2.50 bits per heavy atom. The highest BCUT2D eigenvalue weighted by Gasteiger charge is 2.39. The first-order valence-corrected chi connectivity index (χ1v) is 8.64. The van der Waals surface area contributed by atoms with Crippen LogP contribution in [0.3, 0.4) is 0 Å². The summed E-state index contributed by atoms with van der Waals surface area (Å²) < 4.78 is 11.2. The van der Waals surface area contributed by atoms with Crippen molar-refractivity contribution in [2.45, 2.75) is 25.0 Å². The van der Waals surface area contributed by atoms with Crippen molar-refractivity contribution in [3.8, 4) is 5.75 Å². The van der Waals surface area contributed by atoms with E-state index in [0.717, 1.165) is 12.2 Å². The van der Waals surface area contributed by atoms with Crippen molar-refractivity contribution < 1.29 is 34.5 Å². The van der Waals surface area contributed by atoms with Crippen LogP contribution in [0.5, 0.6) is 5.75 Å². The smallest absolute Gasteiger partial charge is 0.427 e. The minimum Gasteiger partial charge on any atom is -0.508 e. The van der Waals surface area contributed by atoms with E-state index < -0.39 is 31.7 Å². The third kappa shape index (κ3) is 4.11. The molecule has 0 radical (unpaired) electrons. The Balaban J connectivity index is 2.47. The third-order valence-corrected chi connectivity index (χ3v) is 4.32. The van der Waals surface area contributed by atoms with Crippen LogP contribution in [0.1, 0.15) is 24.8 Å². The number of benzene rings is 1. The summed E-state index contributed by atoms with van der Waals surface area (Å²) in [6.45, 7) is 1.47. The van der Waals surface area contributed by atoms with E-state index in [0.29, 0.717) is 5.56 Å². The van der Waals surface area contributed by atoms with Crippen LogP contribution in [0.15, 0.2) is 47.7 Å². The number of rotatable bonds is 5. The average molecular weight is 355 g/mol. The molecule has 0 fully saturated rings. The molecule has 9 heteroatoms. The highest BCUT2D eigenvalue weighted by atomic mass is 31.2. The predicted molar refractivity (Wildman–Crippen MR) is 84.7 cm³/mol. The second-order valence-electron chi connectivity index (χ2n) is 5.57. The molecule has 1 aromatic rings. The van der Waals surface area contributed by atoms with Gasteiger partial charge in [0.1, 0.15) is 5.75 Å². The van der Waals surface area contributed by atoms with Crippen molar-refractivity contribution in [1.29, 1.82) is 0 Å². The molecule has 8 nitrogen and oxygen atoms in total. The molecule has 1 aliphatic carbocycles. The predicted octanol–water partition coefficient (Wildman–Crippen LogP) is 0.642. The van der Waals surface area contributed by atoms with Crippen molar-refractivity contribution in [1.82, 2.24) is 5.09 Å². The van der Waals surface area contributed by atoms with E-state index in [-0.39, 0.29) is 17.0 Å². The molecule has 0 amide bonds. The Bertz CT molecular complexity index is 763. The second kappa shape index (κ2) is 6.51. The number of phenolic OH excluding ortho intramolecular Hbond substituents is 1. The van der Waals surface area contributed by atoms with E-state index in [4.69, 9.17) is 9.79 Å². The van der Waals surface area contributed by atoms with Crippen LogP contribution >= 0.6 is 7.75 Å². The van der Waals surface area contributed by atoms with Crippen LogP contribution in [-0.4, -0.2) is 36.7 Å². The molecular weight excluding hydrogens is 337 g/mol. The van der Waals surface area contributed by atoms with Gasteiger partial charge in [-0.2, -0.15) is 0 Å². The van der Waals surface area contributed by atoms with Crippen LogP contribution in [0, 0.1) is 0 Å². The fourth-order valence-electron chi connectivity index (χ4n) is 2.49. The summed E-state index contributed by atoms with van der Waals surface area (Å²) in [6.07, 6.45) is 1.83. The van der Waals surface area contributed by atoms with Gasteiger partial charge in [0.15, 0.2) is 11.6 Å². The molecule has 0 saturated carbocycles. The lowest BCUT2D eigenvalue weighted by molar-refractivity contribution is -0.142. The van der Waals surface area contributed by atoms with Gasteiger partial charge in [0.05, 0.1) is 6.42 Å². The van der Waals surface area contributed by atoms with Crippen LogP contribution in [0.2, 0.25) is 0 Å². The van der Waals surface area contributed by atoms with Gasteiger partial charge in [-0.1, -0.05) is 19.1 Å². The molecule has 0 aromatic heterocycles. The zero-order valence-electron chi connectivity index (χ0n) is 12.7. The number of carbonyl (C=O) groups excluding carboxylic acids is 1. The standard InChI is InChI=1S/C15H18NO7P/c1-9(10-3-2-4-11(17)7-10)15(19,20)13-6-5-12(18)8-14(13)16-24(21,22)23/h2-7,9,17,19-20H,8H2,1H3,(H3,16,21,22,23). The first kappa shape index (κ1) is 18.4. The van der Waals surface area contributed by atoms with Gasteiger partial charge < -0.3 is 25.1 Å². The molecule has 1 aromatic carbocycles. The lowest BCUT2D eigenvalue weighted by Crippen LogP contribution is -2.39. The van der Waals surface area contributed by atoms with Crippen molar-refractivity contribution >= 4 is 13.5 Å². The first-order chi connectivity index (χ1) is 11.0. The molecular formula is C15H18NO7P. The maximum Gasteiger partial charge on any atom is 0.427 e. The molecule has 0 saturated heterocycles. The highest BCUT2D eigenvalue weighted by Crippen LogP contribution is 2.39. The average Bonchev–Trinajstić information content (AvgIpc) is 2.44. The van der Waals surface area contributed by atoms with E-state index in [9.17, 15) is 24.7 Å². The van der Waals surface area contributed by atoms with E-state index >= 15 is 0 Å². The maximum atomic E-state index is 11.5. The number of aromatic hydroxyl groups is 1. The van der Waals surface area contributed by atoms with Gasteiger partial charge in [-0.25, -0.2) is 4.57 Å². The van der Waals surface area contributed by atoms with Crippen molar-refractivity contribution in [2.75, 3.05) is 0 Å². The molecule has 130 valence electrons. The molecule has 2 rings (SSSR count). The summed E-state index contributed by atoms with van der Waals surface area (Å²) in [5.74, 6) is -3.98. The number of hydrogen-bond acceptors (Lipinski definition) is 5.